The van der Waals surface area contributed by atoms with Crippen molar-refractivity contribution in [3.8, 4) is 5.75 Å². The number of carbonyl (C=O) groups excluding carboxylic acids is 1. The summed E-state index contributed by atoms with van der Waals surface area (Å²) in [6, 6.07) is 5.78. The average molecular weight is 233 g/mol. The number of ether oxygens (including phenoxy) is 2. The molecule has 1 aromatic carbocycles. The summed E-state index contributed by atoms with van der Waals surface area (Å²) in [5, 5.41) is 0.958. The molecule has 0 aliphatic carbocycles. The molecule has 1 N–H and O–H groups in total. The highest BCUT2D eigenvalue weighted by Crippen LogP contribution is 2.29. The fourth-order valence-electron chi connectivity index (χ4n) is 1.86. The molecule has 1 heterocycles. The number of hydrogen-bond acceptors (Lipinski definition) is 3. The third kappa shape index (κ3) is 2.25. The van der Waals surface area contributed by atoms with E-state index >= 15 is 0 Å². The van der Waals surface area contributed by atoms with E-state index in [1.807, 2.05) is 31.3 Å². The zero-order valence-electron chi connectivity index (χ0n) is 9.95. The minimum Gasteiger partial charge on any atom is -0.493 e. The van der Waals surface area contributed by atoms with Crippen LogP contribution in [0.25, 0.3) is 10.9 Å². The van der Waals surface area contributed by atoms with Gasteiger partial charge >= 0.3 is 5.97 Å². The quantitative estimate of drug-likeness (QED) is 0.824. The average Bonchev–Trinajstić information content (AvgIpc) is 2.74. The van der Waals surface area contributed by atoms with Crippen molar-refractivity contribution in [3.05, 3.63) is 30.0 Å². The third-order valence-corrected chi connectivity index (χ3v) is 2.61. The number of nitrogens with one attached hydrogen (secondary N) is 1. The van der Waals surface area contributed by atoms with Crippen LogP contribution in [-0.4, -0.2) is 24.7 Å². The zero-order valence-corrected chi connectivity index (χ0v) is 9.95. The number of aromatic amines is 1. The first-order valence-electron chi connectivity index (χ1n) is 5.54. The number of methoxy groups -OCH3 is 1. The van der Waals surface area contributed by atoms with E-state index in [9.17, 15) is 4.79 Å². The molecule has 4 heteroatoms. The fraction of sp³-hybridized carbons (Fsp3) is 0.308. The highest BCUT2D eigenvalue weighted by molar-refractivity contribution is 5.92. The van der Waals surface area contributed by atoms with Crippen LogP contribution >= 0.6 is 0 Å². The first-order chi connectivity index (χ1) is 8.26. The minimum absolute atomic E-state index is 0.251. The molecule has 0 spiro atoms. The van der Waals surface area contributed by atoms with Crippen molar-refractivity contribution >= 4 is 16.9 Å². The summed E-state index contributed by atoms with van der Waals surface area (Å²) in [7, 11) is 1.39. The molecule has 0 bridgehead atoms. The number of benzene rings is 1. The van der Waals surface area contributed by atoms with Crippen molar-refractivity contribution in [2.75, 3.05) is 13.7 Å². The van der Waals surface area contributed by atoms with E-state index in [1.54, 1.807) is 0 Å². The van der Waals surface area contributed by atoms with Crippen molar-refractivity contribution in [1.29, 1.82) is 0 Å². The number of fused-ring (bicyclic) bond motifs is 1. The largest absolute Gasteiger partial charge is 0.493 e. The molecule has 0 atom stereocenters. The molecular weight excluding hydrogens is 218 g/mol. The summed E-state index contributed by atoms with van der Waals surface area (Å²) in [4.78, 5) is 14.4. The third-order valence-electron chi connectivity index (χ3n) is 2.61. The van der Waals surface area contributed by atoms with Crippen molar-refractivity contribution in [2.45, 2.75) is 13.3 Å². The highest BCUT2D eigenvalue weighted by atomic mass is 16.5. The van der Waals surface area contributed by atoms with Gasteiger partial charge in [-0.25, -0.2) is 0 Å². The molecule has 0 saturated heterocycles. The van der Waals surface area contributed by atoms with Gasteiger partial charge in [0.05, 0.1) is 20.1 Å². The molecule has 4 nitrogen and oxygen atoms in total. The van der Waals surface area contributed by atoms with Crippen LogP contribution in [0.3, 0.4) is 0 Å². The molecular formula is C13H15NO3. The van der Waals surface area contributed by atoms with E-state index in [-0.39, 0.29) is 12.4 Å². The van der Waals surface area contributed by atoms with Crippen LogP contribution in [0.1, 0.15) is 12.5 Å². The Kier molecular flexibility index (Phi) is 3.32. The van der Waals surface area contributed by atoms with Crippen molar-refractivity contribution in [2.24, 2.45) is 0 Å². The van der Waals surface area contributed by atoms with Crippen LogP contribution in [0.2, 0.25) is 0 Å². The minimum atomic E-state index is -0.253. The predicted molar refractivity (Wildman–Crippen MR) is 65.2 cm³/mol. The molecule has 0 unspecified atom stereocenters. The molecule has 1 aromatic heterocycles. The van der Waals surface area contributed by atoms with Gasteiger partial charge in [0.1, 0.15) is 5.75 Å². The summed E-state index contributed by atoms with van der Waals surface area (Å²) in [5.74, 6) is 0.544. The van der Waals surface area contributed by atoms with Gasteiger partial charge in [0, 0.05) is 17.1 Å². The number of H-pyrrole nitrogens is 1. The van der Waals surface area contributed by atoms with Crippen LogP contribution < -0.4 is 4.74 Å². The Morgan fingerprint density at radius 3 is 2.94 bits per heavy atom. The Morgan fingerprint density at radius 2 is 2.24 bits per heavy atom. The van der Waals surface area contributed by atoms with Crippen LogP contribution in [-0.2, 0) is 16.0 Å². The van der Waals surface area contributed by atoms with Gasteiger partial charge in [0.25, 0.3) is 0 Å². The molecule has 2 rings (SSSR count). The summed E-state index contributed by atoms with van der Waals surface area (Å²) in [6.07, 6.45) is 2.07. The molecule has 0 fully saturated rings. The van der Waals surface area contributed by atoms with E-state index in [0.29, 0.717) is 6.61 Å². The molecule has 0 aliphatic rings. The van der Waals surface area contributed by atoms with Crippen molar-refractivity contribution < 1.29 is 14.3 Å². The lowest BCUT2D eigenvalue weighted by Crippen LogP contribution is -2.04. The second-order valence-corrected chi connectivity index (χ2v) is 3.68. The van der Waals surface area contributed by atoms with Gasteiger partial charge in [-0.15, -0.1) is 0 Å². The summed E-state index contributed by atoms with van der Waals surface area (Å²) >= 11 is 0. The Labute approximate surface area is 99.5 Å². The van der Waals surface area contributed by atoms with E-state index < -0.39 is 0 Å². The van der Waals surface area contributed by atoms with Gasteiger partial charge in [-0.3, -0.25) is 4.79 Å². The normalized spacial score (nSPS) is 10.5. The standard InChI is InChI=1S/C13H15NO3/c1-3-17-11-6-4-5-10-13(11)9(8-14-10)7-12(15)16-2/h4-6,8,14H,3,7H2,1-2H3. The second-order valence-electron chi connectivity index (χ2n) is 3.68. The lowest BCUT2D eigenvalue weighted by atomic mass is 10.1. The van der Waals surface area contributed by atoms with E-state index in [0.717, 1.165) is 22.2 Å². The van der Waals surface area contributed by atoms with Gasteiger partial charge in [0.2, 0.25) is 0 Å². The molecule has 0 aliphatic heterocycles. The van der Waals surface area contributed by atoms with Crippen molar-refractivity contribution in [1.82, 2.24) is 4.98 Å². The summed E-state index contributed by atoms with van der Waals surface area (Å²) < 4.78 is 10.2. The van der Waals surface area contributed by atoms with Gasteiger partial charge in [-0.1, -0.05) is 6.07 Å². The Bertz CT molecular complexity index is 530. The lowest BCUT2D eigenvalue weighted by Gasteiger charge is -2.06. The Hall–Kier alpha value is -1.97. The number of aromatic nitrogens is 1. The fourth-order valence-corrected chi connectivity index (χ4v) is 1.86. The maximum absolute atomic E-state index is 11.3. The molecule has 90 valence electrons. The van der Waals surface area contributed by atoms with Crippen LogP contribution in [0.4, 0.5) is 0 Å². The van der Waals surface area contributed by atoms with Gasteiger partial charge in [-0.05, 0) is 24.6 Å². The Balaban J connectivity index is 2.45. The summed E-state index contributed by atoms with van der Waals surface area (Å²) in [6.45, 7) is 2.54. The molecule has 0 amide bonds. The van der Waals surface area contributed by atoms with Crippen molar-refractivity contribution in [3.63, 3.8) is 0 Å². The monoisotopic (exact) mass is 233 g/mol. The molecule has 0 saturated carbocycles. The highest BCUT2D eigenvalue weighted by Gasteiger charge is 2.12. The SMILES string of the molecule is CCOc1cccc2[nH]cc(CC(=O)OC)c12. The number of carbonyl (C=O) groups is 1. The van der Waals surface area contributed by atoms with E-state index in [4.69, 9.17) is 4.74 Å². The smallest absolute Gasteiger partial charge is 0.310 e. The first-order valence-corrected chi connectivity index (χ1v) is 5.54. The maximum Gasteiger partial charge on any atom is 0.310 e. The number of hydrogen-bond donors (Lipinski definition) is 1. The number of rotatable bonds is 4. The Morgan fingerprint density at radius 1 is 1.41 bits per heavy atom. The molecule has 0 radical (unpaired) electrons. The lowest BCUT2D eigenvalue weighted by molar-refractivity contribution is -0.139. The summed E-state index contributed by atoms with van der Waals surface area (Å²) in [5.41, 5.74) is 1.87. The van der Waals surface area contributed by atoms with Crippen LogP contribution in [0.5, 0.6) is 5.75 Å². The predicted octanol–water partition coefficient (Wildman–Crippen LogP) is 2.28. The second kappa shape index (κ2) is 4.91. The maximum atomic E-state index is 11.3. The number of esters is 1. The van der Waals surface area contributed by atoms with E-state index in [1.165, 1.54) is 7.11 Å². The van der Waals surface area contributed by atoms with Gasteiger partial charge < -0.3 is 14.5 Å². The van der Waals surface area contributed by atoms with Crippen LogP contribution in [0, 0.1) is 0 Å². The zero-order chi connectivity index (χ0) is 12.3. The topological polar surface area (TPSA) is 51.3 Å². The van der Waals surface area contributed by atoms with E-state index in [2.05, 4.69) is 9.72 Å². The van der Waals surface area contributed by atoms with Gasteiger partial charge in [0.15, 0.2) is 0 Å². The van der Waals surface area contributed by atoms with Gasteiger partial charge in [-0.2, -0.15) is 0 Å². The molecule has 17 heavy (non-hydrogen) atoms. The van der Waals surface area contributed by atoms with Crippen LogP contribution in [0.15, 0.2) is 24.4 Å². The molecule has 2 aromatic rings. The first kappa shape index (κ1) is 11.5.